The highest BCUT2D eigenvalue weighted by Gasteiger charge is 2.44. The van der Waals surface area contributed by atoms with E-state index in [1.165, 1.54) is 24.3 Å². The molecule has 34 heavy (non-hydrogen) atoms. The van der Waals surface area contributed by atoms with E-state index in [4.69, 9.17) is 21.1 Å². The molecule has 14 heteroatoms. The second-order valence-electron chi connectivity index (χ2n) is 7.52. The van der Waals surface area contributed by atoms with Crippen LogP contribution in [0.4, 0.5) is 37.7 Å². The van der Waals surface area contributed by atoms with Crippen LogP contribution in [0.5, 0.6) is 0 Å². The lowest BCUT2D eigenvalue weighted by Crippen LogP contribution is -2.49. The lowest BCUT2D eigenvalue weighted by molar-refractivity contribution is -0.221. The van der Waals surface area contributed by atoms with Crippen LogP contribution in [-0.4, -0.2) is 48.3 Å². The smallest absolute Gasteiger partial charge is 0.366 e. The maximum Gasteiger partial charge on any atom is 0.417 e. The van der Waals surface area contributed by atoms with Crippen molar-refractivity contribution >= 4 is 38.6 Å². The van der Waals surface area contributed by atoms with Crippen molar-refractivity contribution < 1.29 is 40.1 Å². The fourth-order valence-corrected chi connectivity index (χ4v) is 4.26. The highest BCUT2D eigenvalue weighted by Crippen LogP contribution is 2.40. The Hall–Kier alpha value is -2.51. The molecule has 1 aliphatic heterocycles. The number of anilines is 2. The Morgan fingerprint density at radius 3 is 2.47 bits per heavy atom. The van der Waals surface area contributed by atoms with Crippen LogP contribution >= 0.6 is 11.6 Å². The molecule has 0 aliphatic carbocycles. The largest absolute Gasteiger partial charge is 0.417 e. The van der Waals surface area contributed by atoms with Gasteiger partial charge in [-0.25, -0.2) is 8.99 Å². The number of ether oxygens (including phenoxy) is 1. The third-order valence-electron chi connectivity index (χ3n) is 4.95. The van der Waals surface area contributed by atoms with Crippen molar-refractivity contribution in [3.63, 3.8) is 0 Å². The zero-order valence-corrected chi connectivity index (χ0v) is 19.0. The number of amides is 1. The molecule has 3 rings (SSSR count). The first-order chi connectivity index (χ1) is 15.6. The molecule has 1 unspecified atom stereocenters. The molecule has 186 valence electrons. The number of nitrogens with one attached hydrogen (secondary N) is 2. The van der Waals surface area contributed by atoms with Crippen LogP contribution in [-0.2, 0) is 20.6 Å². The molecule has 6 nitrogen and oxygen atoms in total. The molecule has 0 aromatic heterocycles. The molecular weight excluding hydrogens is 512 g/mol. The molecule has 2 aromatic carbocycles. The zero-order valence-electron chi connectivity index (χ0n) is 17.4. The van der Waals surface area contributed by atoms with E-state index in [-0.39, 0.29) is 17.1 Å². The van der Waals surface area contributed by atoms with Crippen molar-refractivity contribution in [2.45, 2.75) is 23.4 Å². The van der Waals surface area contributed by atoms with Crippen molar-refractivity contribution in [3.8, 4) is 0 Å². The number of alkyl halides is 6. The summed E-state index contributed by atoms with van der Waals surface area (Å²) in [6.45, 7) is -1.45. The summed E-state index contributed by atoms with van der Waals surface area (Å²) >= 11 is 5.77. The fourth-order valence-electron chi connectivity index (χ4n) is 3.30. The molecule has 0 bridgehead atoms. The summed E-state index contributed by atoms with van der Waals surface area (Å²) in [6.07, 6.45) is -10.8. The Balaban J connectivity index is 2.04. The van der Waals surface area contributed by atoms with Gasteiger partial charge in [0.1, 0.15) is 0 Å². The second kappa shape index (κ2) is 9.27. The lowest BCUT2D eigenvalue weighted by Gasteiger charge is -2.36. The Labute approximate surface area is 195 Å². The Morgan fingerprint density at radius 2 is 1.88 bits per heavy atom. The summed E-state index contributed by atoms with van der Waals surface area (Å²) in [7, 11) is -3.13. The van der Waals surface area contributed by atoms with Crippen LogP contribution < -0.4 is 10.2 Å². The number of halogens is 7. The maximum atomic E-state index is 13.4. The summed E-state index contributed by atoms with van der Waals surface area (Å²) < 4.78 is 104. The van der Waals surface area contributed by atoms with E-state index in [0.717, 1.165) is 17.2 Å². The van der Waals surface area contributed by atoms with Crippen molar-refractivity contribution in [3.05, 3.63) is 52.5 Å². The number of carbonyl (C=O) groups is 1. The molecule has 0 radical (unpaired) electrons. The van der Waals surface area contributed by atoms with Gasteiger partial charge < -0.3 is 15.0 Å². The quantitative estimate of drug-likeness (QED) is 0.519. The fraction of sp³-hybridized carbons (Fsp3) is 0.350. The maximum absolute atomic E-state index is 13.4. The minimum Gasteiger partial charge on any atom is -0.366 e. The topological polar surface area (TPSA) is 82.5 Å². The molecule has 2 atom stereocenters. The van der Waals surface area contributed by atoms with E-state index in [1.807, 2.05) is 0 Å². The number of hydrogen-bond acceptors (Lipinski definition) is 5. The Morgan fingerprint density at radius 1 is 1.21 bits per heavy atom. The normalized spacial score (nSPS) is 18.9. The van der Waals surface area contributed by atoms with Crippen LogP contribution in [0.2, 0.25) is 5.02 Å². The summed E-state index contributed by atoms with van der Waals surface area (Å²) in [5.41, 5.74) is -2.02. The zero-order chi connectivity index (χ0) is 25.5. The molecular formula is C20H18ClF6N3O3S. The van der Waals surface area contributed by atoms with E-state index in [9.17, 15) is 35.3 Å². The van der Waals surface area contributed by atoms with Gasteiger partial charge in [-0.1, -0.05) is 17.7 Å². The third-order valence-corrected chi connectivity index (χ3v) is 6.42. The van der Waals surface area contributed by atoms with Gasteiger partial charge in [-0.2, -0.15) is 26.3 Å². The van der Waals surface area contributed by atoms with E-state index >= 15 is 0 Å². The number of hydrogen-bond donors (Lipinski definition) is 2. The van der Waals surface area contributed by atoms with E-state index in [1.54, 1.807) is 0 Å². The first kappa shape index (κ1) is 26.1. The molecule has 2 N–H and O–H groups in total. The standard InChI is InChI=1S/C20H18ClF6N3O3S/c1-34(28,32)12-4-2-3-11(7-12)29-18(31)13-8-15(21)14(19(22,23)24)9-16(13)30-5-6-33-17(10-30)20(25,26)27/h2-4,7-9,17,28H,5-6,10H2,1H3,(H,29,31)/t17-,34?/m0/s1. The number of nitrogens with zero attached hydrogens (tertiary/aromatic N) is 1. The first-order valence-corrected chi connectivity index (χ1v) is 11.9. The van der Waals surface area contributed by atoms with Gasteiger partial charge in [-0.15, -0.1) is 0 Å². The Bertz CT molecular complexity index is 1200. The summed E-state index contributed by atoms with van der Waals surface area (Å²) in [5, 5.41) is 1.60. The van der Waals surface area contributed by atoms with Crippen molar-refractivity contribution in [1.82, 2.24) is 0 Å². The van der Waals surface area contributed by atoms with Gasteiger partial charge in [0, 0.05) is 23.4 Å². The molecule has 1 amide bonds. The molecule has 2 aromatic rings. The Kier molecular flexibility index (Phi) is 7.11. The summed E-state index contributed by atoms with van der Waals surface area (Å²) in [4.78, 5) is 14.1. The second-order valence-corrected chi connectivity index (χ2v) is 10.1. The molecule has 0 spiro atoms. The van der Waals surface area contributed by atoms with Crippen molar-refractivity contribution in [2.75, 3.05) is 36.2 Å². The molecule has 1 saturated heterocycles. The number of carbonyl (C=O) groups excluding carboxylic acids is 1. The average molecular weight is 530 g/mol. The molecule has 1 heterocycles. The average Bonchev–Trinajstić information content (AvgIpc) is 2.71. The predicted octanol–water partition coefficient (Wildman–Crippen LogP) is 5.41. The molecule has 1 fully saturated rings. The lowest BCUT2D eigenvalue weighted by atomic mass is 10.0. The van der Waals surface area contributed by atoms with E-state index in [2.05, 4.69) is 5.32 Å². The number of benzene rings is 2. The van der Waals surface area contributed by atoms with Crippen LogP contribution in [0.15, 0.2) is 41.3 Å². The third kappa shape index (κ3) is 5.94. The highest BCUT2D eigenvalue weighted by atomic mass is 35.5. The minimum absolute atomic E-state index is 0.0847. The van der Waals surface area contributed by atoms with Crippen LogP contribution in [0.3, 0.4) is 0 Å². The van der Waals surface area contributed by atoms with Gasteiger partial charge in [0.05, 0.1) is 44.7 Å². The van der Waals surface area contributed by atoms with Gasteiger partial charge in [0.2, 0.25) is 0 Å². The number of rotatable bonds is 4. The SMILES string of the molecule is CS(=N)(=O)c1cccc(NC(=O)c2cc(Cl)c(C(F)(F)F)cc2N2CCO[C@H](C(F)(F)F)C2)c1. The predicted molar refractivity (Wildman–Crippen MR) is 114 cm³/mol. The first-order valence-electron chi connectivity index (χ1n) is 9.56. The molecule has 0 saturated carbocycles. The van der Waals surface area contributed by atoms with Crippen LogP contribution in [0, 0.1) is 4.78 Å². The van der Waals surface area contributed by atoms with E-state index in [0.29, 0.717) is 6.07 Å². The monoisotopic (exact) mass is 529 g/mol. The van der Waals surface area contributed by atoms with Gasteiger partial charge in [-0.05, 0) is 30.3 Å². The summed E-state index contributed by atoms with van der Waals surface area (Å²) in [6, 6.07) is 6.74. The van der Waals surface area contributed by atoms with Gasteiger partial charge >= 0.3 is 12.4 Å². The van der Waals surface area contributed by atoms with Crippen molar-refractivity contribution in [2.24, 2.45) is 0 Å². The van der Waals surface area contributed by atoms with Gasteiger partial charge in [0.15, 0.2) is 6.10 Å². The van der Waals surface area contributed by atoms with Crippen LogP contribution in [0.25, 0.3) is 0 Å². The van der Waals surface area contributed by atoms with Crippen molar-refractivity contribution in [1.29, 1.82) is 4.78 Å². The summed E-state index contributed by atoms with van der Waals surface area (Å²) in [5.74, 6) is -0.953. The van der Waals surface area contributed by atoms with Gasteiger partial charge in [0.25, 0.3) is 5.91 Å². The van der Waals surface area contributed by atoms with E-state index < -0.39 is 69.1 Å². The minimum atomic E-state index is -4.92. The van der Waals surface area contributed by atoms with Crippen LogP contribution in [0.1, 0.15) is 15.9 Å². The number of morpholine rings is 1. The van der Waals surface area contributed by atoms with Gasteiger partial charge in [-0.3, -0.25) is 4.79 Å². The highest BCUT2D eigenvalue weighted by molar-refractivity contribution is 7.91. The molecule has 1 aliphatic rings.